The molecule has 5 nitrogen and oxygen atoms in total. The molecule has 1 aromatic rings. The van der Waals surface area contributed by atoms with E-state index in [9.17, 15) is 4.79 Å². The van der Waals surface area contributed by atoms with Gasteiger partial charge in [0.1, 0.15) is 0 Å². The van der Waals surface area contributed by atoms with Gasteiger partial charge in [0.15, 0.2) is 0 Å². The minimum Gasteiger partial charge on any atom is -0.374 e. The van der Waals surface area contributed by atoms with Crippen molar-refractivity contribution in [2.24, 2.45) is 0 Å². The zero-order chi connectivity index (χ0) is 10.0. The fourth-order valence-corrected chi connectivity index (χ4v) is 1.30. The summed E-state index contributed by atoms with van der Waals surface area (Å²) >= 11 is 1.11. The van der Waals surface area contributed by atoms with Crippen molar-refractivity contribution < 1.29 is 4.79 Å². The third kappa shape index (κ3) is 2.15. The number of nitrogens with zero attached hydrogens (tertiary/aromatic N) is 3. The molecule has 0 aliphatic carbocycles. The van der Waals surface area contributed by atoms with Crippen molar-refractivity contribution in [1.82, 2.24) is 15.1 Å². The first-order valence-corrected chi connectivity index (χ1v) is 4.70. The van der Waals surface area contributed by atoms with Crippen LogP contribution < -0.4 is 5.73 Å². The van der Waals surface area contributed by atoms with Crippen LogP contribution in [0, 0.1) is 0 Å². The van der Waals surface area contributed by atoms with Crippen LogP contribution in [0.15, 0.2) is 0 Å². The number of aromatic nitrogens is 2. The maximum Gasteiger partial charge on any atom is 0.284 e. The maximum absolute atomic E-state index is 11.6. The van der Waals surface area contributed by atoms with E-state index >= 15 is 0 Å². The fourth-order valence-electron chi connectivity index (χ4n) is 0.706. The Morgan fingerprint density at radius 3 is 2.54 bits per heavy atom. The van der Waals surface area contributed by atoms with Crippen LogP contribution in [0.4, 0.5) is 5.13 Å². The lowest BCUT2D eigenvalue weighted by molar-refractivity contribution is 0.0753. The highest BCUT2D eigenvalue weighted by Gasteiger charge is 2.18. The molecule has 0 atom stereocenters. The van der Waals surface area contributed by atoms with Gasteiger partial charge in [0.25, 0.3) is 5.91 Å². The quantitative estimate of drug-likeness (QED) is 0.758. The first-order valence-electron chi connectivity index (χ1n) is 3.88. The lowest BCUT2D eigenvalue weighted by Gasteiger charge is -2.19. The monoisotopic (exact) mass is 200 g/mol. The molecule has 0 saturated carbocycles. The number of carbonyl (C=O) groups excluding carboxylic acids is 1. The number of nitrogens with two attached hydrogens (primary N) is 1. The van der Waals surface area contributed by atoms with Crippen molar-refractivity contribution in [2.45, 2.75) is 19.9 Å². The first kappa shape index (κ1) is 9.91. The van der Waals surface area contributed by atoms with Crippen molar-refractivity contribution in [3.8, 4) is 0 Å². The average Bonchev–Trinajstić information content (AvgIpc) is 2.49. The van der Waals surface area contributed by atoms with Crippen LogP contribution in [0.25, 0.3) is 0 Å². The topological polar surface area (TPSA) is 72.1 Å². The van der Waals surface area contributed by atoms with Gasteiger partial charge in [0, 0.05) is 13.1 Å². The van der Waals surface area contributed by atoms with Crippen molar-refractivity contribution in [1.29, 1.82) is 0 Å². The smallest absolute Gasteiger partial charge is 0.284 e. The first-order chi connectivity index (χ1) is 6.02. The van der Waals surface area contributed by atoms with E-state index in [1.54, 1.807) is 11.9 Å². The van der Waals surface area contributed by atoms with Crippen molar-refractivity contribution in [3.05, 3.63) is 5.01 Å². The second kappa shape index (κ2) is 3.69. The van der Waals surface area contributed by atoms with E-state index < -0.39 is 0 Å². The molecule has 13 heavy (non-hydrogen) atoms. The summed E-state index contributed by atoms with van der Waals surface area (Å²) in [4.78, 5) is 13.2. The summed E-state index contributed by atoms with van der Waals surface area (Å²) in [6.07, 6.45) is 0. The molecular weight excluding hydrogens is 188 g/mol. The van der Waals surface area contributed by atoms with E-state index in [1.807, 2.05) is 13.8 Å². The fraction of sp³-hybridized carbons (Fsp3) is 0.571. The molecule has 1 heterocycles. The Bertz CT molecular complexity index is 309. The summed E-state index contributed by atoms with van der Waals surface area (Å²) in [6.45, 7) is 3.87. The predicted molar refractivity (Wildman–Crippen MR) is 51.6 cm³/mol. The molecule has 1 aromatic heterocycles. The Hall–Kier alpha value is -1.17. The molecule has 0 radical (unpaired) electrons. The lowest BCUT2D eigenvalue weighted by atomic mass is 10.3. The van der Waals surface area contributed by atoms with Gasteiger partial charge >= 0.3 is 0 Å². The van der Waals surface area contributed by atoms with Gasteiger partial charge in [-0.1, -0.05) is 11.3 Å². The van der Waals surface area contributed by atoms with E-state index in [1.165, 1.54) is 0 Å². The minimum absolute atomic E-state index is 0.135. The van der Waals surface area contributed by atoms with Crippen LogP contribution in [0.3, 0.4) is 0 Å². The summed E-state index contributed by atoms with van der Waals surface area (Å²) < 4.78 is 0. The minimum atomic E-state index is -0.135. The number of amides is 1. The number of hydrogen-bond acceptors (Lipinski definition) is 5. The summed E-state index contributed by atoms with van der Waals surface area (Å²) in [5, 5.41) is 7.91. The summed E-state index contributed by atoms with van der Waals surface area (Å²) in [7, 11) is 1.73. The second-order valence-electron chi connectivity index (χ2n) is 2.96. The summed E-state index contributed by atoms with van der Waals surface area (Å²) in [5.74, 6) is -0.135. The second-order valence-corrected chi connectivity index (χ2v) is 3.96. The normalized spacial score (nSPS) is 10.5. The highest BCUT2D eigenvalue weighted by atomic mass is 32.1. The van der Waals surface area contributed by atoms with E-state index in [4.69, 9.17) is 5.73 Å². The van der Waals surface area contributed by atoms with Gasteiger partial charge in [-0.25, -0.2) is 0 Å². The molecule has 0 fully saturated rings. The molecular formula is C7H12N4OS. The average molecular weight is 200 g/mol. The van der Waals surface area contributed by atoms with Crippen LogP contribution in [0.1, 0.15) is 23.6 Å². The molecule has 6 heteroatoms. The van der Waals surface area contributed by atoms with Gasteiger partial charge in [-0.15, -0.1) is 10.2 Å². The largest absolute Gasteiger partial charge is 0.374 e. The maximum atomic E-state index is 11.6. The lowest BCUT2D eigenvalue weighted by Crippen LogP contribution is -2.32. The summed E-state index contributed by atoms with van der Waals surface area (Å²) in [5.41, 5.74) is 5.37. The van der Waals surface area contributed by atoms with Crippen molar-refractivity contribution in [2.75, 3.05) is 12.8 Å². The molecule has 2 N–H and O–H groups in total. The van der Waals surface area contributed by atoms with Crippen LogP contribution in [-0.4, -0.2) is 34.1 Å². The molecule has 72 valence electrons. The molecule has 0 aromatic carbocycles. The molecule has 0 unspecified atom stereocenters. The number of nitrogen functional groups attached to an aromatic ring is 1. The predicted octanol–water partition coefficient (Wildman–Crippen LogP) is 0.601. The van der Waals surface area contributed by atoms with Gasteiger partial charge in [-0.3, -0.25) is 4.79 Å². The Labute approximate surface area is 80.6 Å². The molecule has 0 spiro atoms. The third-order valence-corrected chi connectivity index (χ3v) is 2.46. The zero-order valence-corrected chi connectivity index (χ0v) is 8.63. The Balaban J connectivity index is 2.79. The highest BCUT2D eigenvalue weighted by Crippen LogP contribution is 2.13. The number of carbonyl (C=O) groups is 1. The van der Waals surface area contributed by atoms with Crippen molar-refractivity contribution >= 4 is 22.4 Å². The van der Waals surface area contributed by atoms with Crippen LogP contribution in [-0.2, 0) is 0 Å². The van der Waals surface area contributed by atoms with Gasteiger partial charge in [-0.2, -0.15) is 0 Å². The highest BCUT2D eigenvalue weighted by molar-refractivity contribution is 7.16. The van der Waals surface area contributed by atoms with Crippen LogP contribution in [0.5, 0.6) is 0 Å². The Kier molecular flexibility index (Phi) is 2.82. The van der Waals surface area contributed by atoms with Gasteiger partial charge < -0.3 is 10.6 Å². The standard InChI is InChI=1S/C7H12N4OS/c1-4(2)11(3)6(12)5-9-10-7(8)13-5/h4H,1-3H3,(H2,8,10). The SMILES string of the molecule is CC(C)N(C)C(=O)c1nnc(N)s1. The van der Waals surface area contributed by atoms with E-state index in [0.29, 0.717) is 10.1 Å². The Morgan fingerprint density at radius 2 is 2.15 bits per heavy atom. The number of hydrogen-bond donors (Lipinski definition) is 1. The summed E-state index contributed by atoms with van der Waals surface area (Å²) in [6, 6.07) is 0.151. The molecule has 0 aliphatic heterocycles. The van der Waals surface area contributed by atoms with Gasteiger partial charge in [0.2, 0.25) is 10.1 Å². The molecule has 0 saturated heterocycles. The van der Waals surface area contributed by atoms with Crippen LogP contribution >= 0.6 is 11.3 Å². The molecule has 1 amide bonds. The molecule has 0 bridgehead atoms. The van der Waals surface area contributed by atoms with Gasteiger partial charge in [0.05, 0.1) is 0 Å². The number of rotatable bonds is 2. The van der Waals surface area contributed by atoms with Crippen LogP contribution in [0.2, 0.25) is 0 Å². The van der Waals surface area contributed by atoms with E-state index in [-0.39, 0.29) is 11.9 Å². The Morgan fingerprint density at radius 1 is 1.54 bits per heavy atom. The van der Waals surface area contributed by atoms with Gasteiger partial charge in [-0.05, 0) is 13.8 Å². The van der Waals surface area contributed by atoms with Crippen molar-refractivity contribution in [3.63, 3.8) is 0 Å². The van der Waals surface area contributed by atoms with E-state index in [0.717, 1.165) is 11.3 Å². The third-order valence-electron chi connectivity index (χ3n) is 1.72. The zero-order valence-electron chi connectivity index (χ0n) is 7.81. The number of anilines is 1. The molecule has 1 rings (SSSR count). The van der Waals surface area contributed by atoms with E-state index in [2.05, 4.69) is 10.2 Å². The molecule has 0 aliphatic rings.